The summed E-state index contributed by atoms with van der Waals surface area (Å²) in [6.07, 6.45) is 2.46. The van der Waals surface area contributed by atoms with Gasteiger partial charge in [0, 0.05) is 23.5 Å². The van der Waals surface area contributed by atoms with Crippen molar-refractivity contribution >= 4 is 5.65 Å². The molecule has 0 amide bonds. The molecule has 7 nitrogen and oxygen atoms in total. The first-order valence-electron chi connectivity index (χ1n) is 8.70. The molecule has 5 rings (SSSR count). The van der Waals surface area contributed by atoms with E-state index in [4.69, 9.17) is 14.5 Å². The predicted octanol–water partition coefficient (Wildman–Crippen LogP) is 3.04. The Labute approximate surface area is 154 Å². The quantitative estimate of drug-likeness (QED) is 0.607. The predicted molar refractivity (Wildman–Crippen MR) is 100.0 cm³/mol. The normalized spacial score (nSPS) is 12.6. The van der Waals surface area contributed by atoms with Crippen LogP contribution in [0.5, 0.6) is 11.5 Å². The number of nitrogens with zero attached hydrogens (tertiary/aromatic N) is 3. The van der Waals surface area contributed by atoms with Gasteiger partial charge in [0.1, 0.15) is 0 Å². The van der Waals surface area contributed by atoms with Crippen molar-refractivity contribution in [3.05, 3.63) is 64.7 Å². The topological polar surface area (TPSA) is 81.5 Å². The smallest absolute Gasteiger partial charge is 0.273 e. The van der Waals surface area contributed by atoms with Crippen molar-refractivity contribution in [2.45, 2.75) is 13.3 Å². The minimum absolute atomic E-state index is 0.176. The Morgan fingerprint density at radius 3 is 2.81 bits per heavy atom. The lowest BCUT2D eigenvalue weighted by molar-refractivity contribution is 0.174. The fourth-order valence-electron chi connectivity index (χ4n) is 3.32. The SMILES string of the molecule is CCc1[nH]n2c(=O)cc(-c3ccc4c(c3)OCO4)nc2c1-c1ccccn1. The zero-order valence-electron chi connectivity index (χ0n) is 14.6. The van der Waals surface area contributed by atoms with E-state index in [-0.39, 0.29) is 12.4 Å². The maximum Gasteiger partial charge on any atom is 0.273 e. The molecule has 0 aliphatic carbocycles. The van der Waals surface area contributed by atoms with Crippen LogP contribution in [-0.4, -0.2) is 26.4 Å². The number of rotatable bonds is 3. The van der Waals surface area contributed by atoms with Gasteiger partial charge in [0.2, 0.25) is 6.79 Å². The highest BCUT2D eigenvalue weighted by molar-refractivity contribution is 5.79. The highest BCUT2D eigenvalue weighted by atomic mass is 16.7. The first kappa shape index (κ1) is 15.6. The number of fused-ring (bicyclic) bond motifs is 2. The van der Waals surface area contributed by atoms with Gasteiger partial charge in [-0.15, -0.1) is 0 Å². The van der Waals surface area contributed by atoms with E-state index in [2.05, 4.69) is 10.1 Å². The second kappa shape index (κ2) is 5.98. The molecule has 0 unspecified atom stereocenters. The van der Waals surface area contributed by atoms with Gasteiger partial charge in [-0.25, -0.2) is 9.50 Å². The van der Waals surface area contributed by atoms with Crippen LogP contribution in [0.3, 0.4) is 0 Å². The molecule has 0 fully saturated rings. The standard InChI is InChI=1S/C20H16N4O3/c1-2-13-19(14-5-3-4-8-21-14)20-22-15(10-18(25)24(20)23-13)12-6-7-16-17(9-12)27-11-26-16/h3-10,23H,2,11H2,1H3. The largest absolute Gasteiger partial charge is 0.454 e. The minimum atomic E-state index is -0.176. The third kappa shape index (κ3) is 2.47. The van der Waals surface area contributed by atoms with Gasteiger partial charge in [0.05, 0.1) is 17.0 Å². The van der Waals surface area contributed by atoms with Crippen molar-refractivity contribution in [1.82, 2.24) is 19.6 Å². The van der Waals surface area contributed by atoms with Crippen molar-refractivity contribution < 1.29 is 9.47 Å². The van der Waals surface area contributed by atoms with E-state index in [1.54, 1.807) is 6.20 Å². The van der Waals surface area contributed by atoms with Crippen molar-refractivity contribution in [2.75, 3.05) is 6.79 Å². The van der Waals surface area contributed by atoms with Crippen LogP contribution in [-0.2, 0) is 6.42 Å². The highest BCUT2D eigenvalue weighted by Crippen LogP contribution is 2.35. The van der Waals surface area contributed by atoms with E-state index in [1.165, 1.54) is 10.6 Å². The summed E-state index contributed by atoms with van der Waals surface area (Å²) in [7, 11) is 0. The number of nitrogens with one attached hydrogen (secondary N) is 1. The molecule has 1 aromatic carbocycles. The number of pyridine rings is 1. The molecule has 0 saturated carbocycles. The lowest BCUT2D eigenvalue weighted by Gasteiger charge is -2.04. The zero-order chi connectivity index (χ0) is 18.4. The van der Waals surface area contributed by atoms with Crippen LogP contribution in [0.2, 0.25) is 0 Å². The van der Waals surface area contributed by atoms with Gasteiger partial charge >= 0.3 is 0 Å². The molecule has 134 valence electrons. The summed E-state index contributed by atoms with van der Waals surface area (Å²) in [4.78, 5) is 22.0. The van der Waals surface area contributed by atoms with Gasteiger partial charge in [-0.2, -0.15) is 0 Å². The molecule has 4 heterocycles. The van der Waals surface area contributed by atoms with Crippen LogP contribution >= 0.6 is 0 Å². The van der Waals surface area contributed by atoms with Gasteiger partial charge in [0.15, 0.2) is 17.1 Å². The summed E-state index contributed by atoms with van der Waals surface area (Å²) >= 11 is 0. The summed E-state index contributed by atoms with van der Waals surface area (Å²) in [5.41, 5.74) is 4.30. The second-order valence-corrected chi connectivity index (χ2v) is 6.24. The molecule has 0 spiro atoms. The molecule has 0 atom stereocenters. The molecule has 27 heavy (non-hydrogen) atoms. The van der Waals surface area contributed by atoms with E-state index < -0.39 is 0 Å². The van der Waals surface area contributed by atoms with Crippen LogP contribution < -0.4 is 15.0 Å². The summed E-state index contributed by atoms with van der Waals surface area (Å²) in [5, 5.41) is 3.16. The fourth-order valence-corrected chi connectivity index (χ4v) is 3.32. The molecular formula is C20H16N4O3. The number of ether oxygens (including phenoxy) is 2. The van der Waals surface area contributed by atoms with E-state index in [0.29, 0.717) is 22.8 Å². The Hall–Kier alpha value is -3.61. The van der Waals surface area contributed by atoms with E-state index >= 15 is 0 Å². The molecule has 0 radical (unpaired) electrons. The number of aryl methyl sites for hydroxylation is 1. The molecule has 0 bridgehead atoms. The van der Waals surface area contributed by atoms with Crippen LogP contribution in [0.15, 0.2) is 53.5 Å². The molecule has 7 heteroatoms. The first-order valence-corrected chi connectivity index (χ1v) is 8.70. The van der Waals surface area contributed by atoms with Crippen LogP contribution in [0.1, 0.15) is 12.6 Å². The molecular weight excluding hydrogens is 344 g/mol. The third-order valence-electron chi connectivity index (χ3n) is 4.63. The molecule has 0 saturated heterocycles. The first-order chi connectivity index (χ1) is 13.2. The van der Waals surface area contributed by atoms with Crippen LogP contribution in [0.25, 0.3) is 28.2 Å². The van der Waals surface area contributed by atoms with Crippen LogP contribution in [0.4, 0.5) is 0 Å². The Morgan fingerprint density at radius 2 is 2.00 bits per heavy atom. The van der Waals surface area contributed by atoms with Gasteiger partial charge in [-0.1, -0.05) is 13.0 Å². The average molecular weight is 360 g/mol. The Morgan fingerprint density at radius 1 is 1.11 bits per heavy atom. The molecule has 1 aliphatic rings. The molecule has 1 N–H and O–H groups in total. The van der Waals surface area contributed by atoms with Gasteiger partial charge < -0.3 is 9.47 Å². The molecule has 4 aromatic rings. The maximum atomic E-state index is 12.7. The zero-order valence-corrected chi connectivity index (χ0v) is 14.6. The summed E-state index contributed by atoms with van der Waals surface area (Å²) in [6.45, 7) is 2.23. The van der Waals surface area contributed by atoms with Gasteiger partial charge in [0.25, 0.3) is 5.56 Å². The number of hydrogen-bond donors (Lipinski definition) is 1. The van der Waals surface area contributed by atoms with Gasteiger partial charge in [-0.05, 0) is 36.8 Å². The van der Waals surface area contributed by atoms with Gasteiger partial charge in [-0.3, -0.25) is 14.9 Å². The number of aromatic nitrogens is 4. The summed E-state index contributed by atoms with van der Waals surface area (Å²) < 4.78 is 12.3. The number of hydrogen-bond acceptors (Lipinski definition) is 5. The average Bonchev–Trinajstić information content (AvgIpc) is 3.32. The second-order valence-electron chi connectivity index (χ2n) is 6.24. The van der Waals surface area contributed by atoms with E-state index in [9.17, 15) is 4.79 Å². The minimum Gasteiger partial charge on any atom is -0.454 e. The lowest BCUT2D eigenvalue weighted by atomic mass is 10.1. The molecule has 3 aromatic heterocycles. The van der Waals surface area contributed by atoms with Crippen molar-refractivity contribution in [3.63, 3.8) is 0 Å². The summed E-state index contributed by atoms with van der Waals surface area (Å²) in [5.74, 6) is 1.35. The number of aromatic amines is 1. The van der Waals surface area contributed by atoms with E-state index in [0.717, 1.165) is 28.9 Å². The van der Waals surface area contributed by atoms with Crippen molar-refractivity contribution in [1.29, 1.82) is 0 Å². The van der Waals surface area contributed by atoms with Crippen molar-refractivity contribution in [2.24, 2.45) is 0 Å². The Kier molecular flexibility index (Phi) is 3.46. The molecule has 1 aliphatic heterocycles. The Balaban J connectivity index is 1.76. The fraction of sp³-hybridized carbons (Fsp3) is 0.150. The monoisotopic (exact) mass is 360 g/mol. The summed E-state index contributed by atoms with van der Waals surface area (Å²) in [6, 6.07) is 12.8. The number of H-pyrrole nitrogens is 1. The highest BCUT2D eigenvalue weighted by Gasteiger charge is 2.19. The number of benzene rings is 1. The lowest BCUT2D eigenvalue weighted by Crippen LogP contribution is -2.14. The van der Waals surface area contributed by atoms with Crippen LogP contribution in [0, 0.1) is 0 Å². The maximum absolute atomic E-state index is 12.7. The third-order valence-corrected chi connectivity index (χ3v) is 4.63. The Bertz CT molecular complexity index is 1210. The van der Waals surface area contributed by atoms with Crippen molar-refractivity contribution in [3.8, 4) is 34.0 Å². The van der Waals surface area contributed by atoms with E-state index in [1.807, 2.05) is 43.3 Å².